The van der Waals surface area contributed by atoms with Crippen LogP contribution in [0.25, 0.3) is 0 Å². The van der Waals surface area contributed by atoms with E-state index in [1.54, 1.807) is 12.1 Å². The van der Waals surface area contributed by atoms with Crippen LogP contribution in [0.1, 0.15) is 24.2 Å². The highest BCUT2D eigenvalue weighted by molar-refractivity contribution is 5.26. The molecule has 0 spiro atoms. The summed E-state index contributed by atoms with van der Waals surface area (Å²) in [6, 6.07) is 7.66. The summed E-state index contributed by atoms with van der Waals surface area (Å²) in [7, 11) is 0. The quantitative estimate of drug-likeness (QED) is 0.830. The fraction of sp³-hybridized carbons (Fsp3) is 0.429. The van der Waals surface area contributed by atoms with Gasteiger partial charge in [-0.3, -0.25) is 0 Å². The molecular formula is C14H19N3O2. The van der Waals surface area contributed by atoms with Gasteiger partial charge in [0.2, 0.25) is 5.89 Å². The number of phenols is 1. The van der Waals surface area contributed by atoms with Crippen molar-refractivity contribution < 1.29 is 9.63 Å². The molecule has 1 atom stereocenters. The minimum atomic E-state index is 0.302. The van der Waals surface area contributed by atoms with Crippen molar-refractivity contribution in [2.75, 3.05) is 6.54 Å². The van der Waals surface area contributed by atoms with E-state index in [1.165, 1.54) is 5.56 Å². The fourth-order valence-corrected chi connectivity index (χ4v) is 1.92. The fourth-order valence-electron chi connectivity index (χ4n) is 1.92. The molecule has 0 aliphatic rings. The highest BCUT2D eigenvalue weighted by Crippen LogP contribution is 2.11. The Kier molecular flexibility index (Phi) is 4.52. The summed E-state index contributed by atoms with van der Waals surface area (Å²) in [6.07, 6.45) is 1.66. The molecule has 2 aromatic rings. The molecule has 2 N–H and O–H groups in total. The number of benzene rings is 1. The second kappa shape index (κ2) is 6.33. The molecule has 19 heavy (non-hydrogen) atoms. The summed E-state index contributed by atoms with van der Waals surface area (Å²) in [4.78, 5) is 4.16. The molecular weight excluding hydrogens is 242 g/mol. The van der Waals surface area contributed by atoms with E-state index in [0.29, 0.717) is 23.5 Å². The first kappa shape index (κ1) is 13.5. The molecule has 5 nitrogen and oxygen atoms in total. The van der Waals surface area contributed by atoms with Gasteiger partial charge in [-0.25, -0.2) is 0 Å². The van der Waals surface area contributed by atoms with Gasteiger partial charge in [-0.1, -0.05) is 17.3 Å². The summed E-state index contributed by atoms with van der Waals surface area (Å²) in [5.41, 5.74) is 1.20. The largest absolute Gasteiger partial charge is 0.508 e. The average Bonchev–Trinajstić information content (AvgIpc) is 2.78. The lowest BCUT2D eigenvalue weighted by Gasteiger charge is -2.13. The molecule has 1 aromatic heterocycles. The van der Waals surface area contributed by atoms with Gasteiger partial charge in [-0.2, -0.15) is 4.98 Å². The maximum Gasteiger partial charge on any atom is 0.227 e. The number of aryl methyl sites for hydroxylation is 1. The van der Waals surface area contributed by atoms with E-state index in [9.17, 15) is 5.11 Å². The Balaban J connectivity index is 1.72. The highest BCUT2D eigenvalue weighted by Gasteiger charge is 2.05. The second-order valence-electron chi connectivity index (χ2n) is 4.71. The smallest absolute Gasteiger partial charge is 0.227 e. The van der Waals surface area contributed by atoms with E-state index in [-0.39, 0.29) is 0 Å². The number of hydrogen-bond donors (Lipinski definition) is 2. The van der Waals surface area contributed by atoms with Crippen molar-refractivity contribution in [3.8, 4) is 5.75 Å². The van der Waals surface area contributed by atoms with Crippen LogP contribution in [-0.4, -0.2) is 27.8 Å². The van der Waals surface area contributed by atoms with E-state index < -0.39 is 0 Å². The van der Waals surface area contributed by atoms with Crippen LogP contribution in [0, 0.1) is 6.92 Å². The van der Waals surface area contributed by atoms with Gasteiger partial charge in [0.05, 0.1) is 0 Å². The maximum atomic E-state index is 9.22. The van der Waals surface area contributed by atoms with E-state index in [2.05, 4.69) is 22.4 Å². The van der Waals surface area contributed by atoms with Crippen LogP contribution < -0.4 is 5.32 Å². The number of nitrogens with zero attached hydrogens (tertiary/aromatic N) is 2. The lowest BCUT2D eigenvalue weighted by Crippen LogP contribution is -2.30. The number of phenolic OH excluding ortho intramolecular Hbond substituents is 1. The molecule has 0 aliphatic carbocycles. The van der Waals surface area contributed by atoms with Gasteiger partial charge >= 0.3 is 0 Å². The van der Waals surface area contributed by atoms with Crippen LogP contribution in [0.5, 0.6) is 5.75 Å². The third-order valence-corrected chi connectivity index (χ3v) is 2.88. The molecule has 0 radical (unpaired) electrons. The minimum Gasteiger partial charge on any atom is -0.508 e. The van der Waals surface area contributed by atoms with Crippen LogP contribution in [0.3, 0.4) is 0 Å². The first-order chi connectivity index (χ1) is 9.13. The number of aromatic hydroxyl groups is 1. The summed E-state index contributed by atoms with van der Waals surface area (Å²) >= 11 is 0. The number of hydrogen-bond acceptors (Lipinski definition) is 5. The Morgan fingerprint density at radius 3 is 2.68 bits per heavy atom. The second-order valence-corrected chi connectivity index (χ2v) is 4.71. The predicted molar refractivity (Wildman–Crippen MR) is 72.0 cm³/mol. The summed E-state index contributed by atoms with van der Waals surface area (Å²) < 4.78 is 5.05. The van der Waals surface area contributed by atoms with Gasteiger partial charge in [0.25, 0.3) is 0 Å². The van der Waals surface area contributed by atoms with Gasteiger partial charge in [0.15, 0.2) is 5.82 Å². The van der Waals surface area contributed by atoms with Crippen molar-refractivity contribution in [2.24, 2.45) is 0 Å². The average molecular weight is 261 g/mol. The van der Waals surface area contributed by atoms with Gasteiger partial charge in [0.1, 0.15) is 5.75 Å². The number of nitrogens with one attached hydrogen (secondary N) is 1. The van der Waals surface area contributed by atoms with E-state index in [4.69, 9.17) is 4.52 Å². The zero-order valence-corrected chi connectivity index (χ0v) is 11.3. The van der Waals surface area contributed by atoms with Crippen LogP contribution in [0.15, 0.2) is 28.8 Å². The predicted octanol–water partition coefficient (Wildman–Crippen LogP) is 1.85. The minimum absolute atomic E-state index is 0.302. The first-order valence-corrected chi connectivity index (χ1v) is 6.44. The maximum absolute atomic E-state index is 9.22. The molecule has 0 saturated heterocycles. The Morgan fingerprint density at radius 1 is 1.32 bits per heavy atom. The molecule has 0 fully saturated rings. The molecule has 1 aromatic carbocycles. The van der Waals surface area contributed by atoms with Crippen LogP contribution in [0.2, 0.25) is 0 Å². The Labute approximate surface area is 112 Å². The SMILES string of the molecule is Cc1noc(CCNC(C)Cc2ccc(O)cc2)n1. The van der Waals surface area contributed by atoms with E-state index in [1.807, 2.05) is 19.1 Å². The van der Waals surface area contributed by atoms with Gasteiger partial charge in [0, 0.05) is 19.0 Å². The molecule has 5 heteroatoms. The van der Waals surface area contributed by atoms with Crippen LogP contribution in [0.4, 0.5) is 0 Å². The van der Waals surface area contributed by atoms with Crippen molar-refractivity contribution in [1.82, 2.24) is 15.5 Å². The number of rotatable bonds is 6. The molecule has 1 heterocycles. The lowest BCUT2D eigenvalue weighted by molar-refractivity contribution is 0.369. The van der Waals surface area contributed by atoms with Crippen molar-refractivity contribution in [3.63, 3.8) is 0 Å². The van der Waals surface area contributed by atoms with Gasteiger partial charge < -0.3 is 14.9 Å². The van der Waals surface area contributed by atoms with Gasteiger partial charge in [-0.05, 0) is 38.0 Å². The van der Waals surface area contributed by atoms with Crippen molar-refractivity contribution in [1.29, 1.82) is 0 Å². The standard InChI is InChI=1S/C14H19N3O2/c1-10(9-12-3-5-13(18)6-4-12)15-8-7-14-16-11(2)17-19-14/h3-6,10,15,18H,7-9H2,1-2H3. The van der Waals surface area contributed by atoms with E-state index in [0.717, 1.165) is 19.4 Å². The topological polar surface area (TPSA) is 71.2 Å². The summed E-state index contributed by atoms with van der Waals surface area (Å²) in [6.45, 7) is 4.75. The van der Waals surface area contributed by atoms with Crippen LogP contribution >= 0.6 is 0 Å². The Morgan fingerprint density at radius 2 is 2.05 bits per heavy atom. The third-order valence-electron chi connectivity index (χ3n) is 2.88. The third kappa shape index (κ3) is 4.37. The molecule has 0 aliphatic heterocycles. The van der Waals surface area contributed by atoms with Crippen molar-refractivity contribution in [3.05, 3.63) is 41.5 Å². The van der Waals surface area contributed by atoms with E-state index >= 15 is 0 Å². The van der Waals surface area contributed by atoms with Crippen LogP contribution in [-0.2, 0) is 12.8 Å². The number of aromatic nitrogens is 2. The molecule has 2 rings (SSSR count). The normalized spacial score (nSPS) is 12.5. The monoisotopic (exact) mass is 261 g/mol. The molecule has 1 unspecified atom stereocenters. The lowest BCUT2D eigenvalue weighted by atomic mass is 10.1. The molecule has 0 bridgehead atoms. The van der Waals surface area contributed by atoms with Crippen molar-refractivity contribution >= 4 is 0 Å². The van der Waals surface area contributed by atoms with Crippen molar-refractivity contribution in [2.45, 2.75) is 32.7 Å². The highest BCUT2D eigenvalue weighted by atomic mass is 16.5. The first-order valence-electron chi connectivity index (χ1n) is 6.44. The Hall–Kier alpha value is -1.88. The molecule has 0 amide bonds. The van der Waals surface area contributed by atoms with Gasteiger partial charge in [-0.15, -0.1) is 0 Å². The summed E-state index contributed by atoms with van der Waals surface area (Å²) in [5.74, 6) is 1.64. The molecule has 0 saturated carbocycles. The zero-order valence-electron chi connectivity index (χ0n) is 11.3. The molecule has 102 valence electrons. The summed E-state index contributed by atoms with van der Waals surface area (Å²) in [5, 5.41) is 16.4. The Bertz CT molecular complexity index is 508. The zero-order chi connectivity index (χ0) is 13.7.